The molecule has 7 N–H and O–H groups in total. The van der Waals surface area contributed by atoms with Crippen molar-refractivity contribution >= 4 is 0 Å². The predicted octanol–water partition coefficient (Wildman–Crippen LogP) is 3.30. The fourth-order valence-electron chi connectivity index (χ4n) is 11.9. The van der Waals surface area contributed by atoms with Gasteiger partial charge in [-0.1, -0.05) is 46.3 Å². The van der Waals surface area contributed by atoms with Gasteiger partial charge in [-0.3, -0.25) is 0 Å². The number of hydrogen-bond acceptors (Lipinski definition) is 9. The smallest absolute Gasteiger partial charge is 0.187 e. The van der Waals surface area contributed by atoms with Crippen LogP contribution in [0.15, 0.2) is 11.6 Å². The van der Waals surface area contributed by atoms with Crippen molar-refractivity contribution in [2.45, 2.75) is 161 Å². The van der Waals surface area contributed by atoms with Gasteiger partial charge in [-0.25, -0.2) is 0 Å². The van der Waals surface area contributed by atoms with Crippen molar-refractivity contribution in [2.24, 2.45) is 45.3 Å². The van der Waals surface area contributed by atoms with E-state index in [1.54, 1.807) is 0 Å². The third kappa shape index (κ3) is 5.39. The molecule has 5 aliphatic rings. The molecule has 45 heavy (non-hydrogen) atoms. The van der Waals surface area contributed by atoms with Crippen molar-refractivity contribution in [1.29, 1.82) is 0 Å². The van der Waals surface area contributed by atoms with Gasteiger partial charge in [-0.05, 0) is 112 Å². The molecule has 9 nitrogen and oxygen atoms in total. The van der Waals surface area contributed by atoms with Crippen LogP contribution >= 0.6 is 0 Å². The average molecular weight is 639 g/mol. The van der Waals surface area contributed by atoms with E-state index in [0.29, 0.717) is 32.1 Å². The molecule has 5 rings (SSSR count). The maximum atomic E-state index is 12.3. The van der Waals surface area contributed by atoms with Crippen molar-refractivity contribution in [3.63, 3.8) is 0 Å². The highest BCUT2D eigenvalue weighted by molar-refractivity contribution is 5.20. The summed E-state index contributed by atoms with van der Waals surface area (Å²) >= 11 is 0. The van der Waals surface area contributed by atoms with Crippen molar-refractivity contribution in [3.05, 3.63) is 11.6 Å². The fourth-order valence-corrected chi connectivity index (χ4v) is 11.9. The highest BCUT2D eigenvalue weighted by Gasteiger charge is 2.72. The summed E-state index contributed by atoms with van der Waals surface area (Å²) in [6.45, 7) is 16.5. The zero-order chi connectivity index (χ0) is 33.5. The number of aliphatic hydroxyl groups is 7. The van der Waals surface area contributed by atoms with Gasteiger partial charge in [0.05, 0.1) is 30.5 Å². The van der Waals surface area contributed by atoms with Crippen LogP contribution < -0.4 is 0 Å². The van der Waals surface area contributed by atoms with Crippen LogP contribution in [0.1, 0.15) is 107 Å². The number of aliphatic hydroxyl groups excluding tert-OH is 7. The number of rotatable bonds is 7. The topological polar surface area (TPSA) is 160 Å². The molecule has 0 radical (unpaired) electrons. The predicted molar refractivity (Wildman–Crippen MR) is 170 cm³/mol. The van der Waals surface area contributed by atoms with Gasteiger partial charge in [0.15, 0.2) is 6.29 Å². The molecule has 0 aromatic carbocycles. The molecule has 1 aliphatic heterocycles. The van der Waals surface area contributed by atoms with E-state index in [4.69, 9.17) is 9.47 Å². The van der Waals surface area contributed by atoms with E-state index in [-0.39, 0.29) is 34.5 Å². The van der Waals surface area contributed by atoms with Gasteiger partial charge in [-0.2, -0.15) is 0 Å². The van der Waals surface area contributed by atoms with Gasteiger partial charge in [-0.15, -0.1) is 0 Å². The monoisotopic (exact) mass is 638 g/mol. The molecular formula is C36H62O9. The molecule has 1 heterocycles. The van der Waals surface area contributed by atoms with Crippen LogP contribution in [0.5, 0.6) is 0 Å². The van der Waals surface area contributed by atoms with Crippen LogP contribution in [0.2, 0.25) is 0 Å². The summed E-state index contributed by atoms with van der Waals surface area (Å²) in [7, 11) is 0. The summed E-state index contributed by atoms with van der Waals surface area (Å²) in [6, 6.07) is 0. The lowest BCUT2D eigenvalue weighted by Crippen LogP contribution is -2.67. The minimum Gasteiger partial charge on any atom is -0.394 e. The van der Waals surface area contributed by atoms with Crippen LogP contribution in [0, 0.1) is 45.3 Å². The summed E-state index contributed by atoms with van der Waals surface area (Å²) in [4.78, 5) is 0. The standard InChI is InChI=1S/C36H62O9/c1-19(2)10-9-12-36(8,45-31-28(43)27(42)26(41)24(18-37)44-31)35(7)15-14-34(6)21-16-22(38)29-32(3,4)25(40)11-13-33(29,5)20(21)17-23(39)30(34)35/h10,20-31,37-43H,9,11-18H2,1-8H3/t20-,21+,22-,23-,24+,25+,26+,27+,28+,29-,30?,31+,33+,34-,35+,36-/m0/s1. The first kappa shape index (κ1) is 35.7. The van der Waals surface area contributed by atoms with Crippen LogP contribution in [-0.2, 0) is 9.47 Å². The largest absolute Gasteiger partial charge is 0.394 e. The SMILES string of the molecule is CC(C)=CCC[C@](C)(O[C@H]1O[C@H](CO)[C@@H](O)[C@@H](O)[C@H]1O)[C@]1(C)CC[C@]2(C)C1[C@@H](O)C[C@H]1[C@H]2C[C@H](O)[C@H]2C(C)(C)[C@H](O)CC[C@]12C. The van der Waals surface area contributed by atoms with E-state index < -0.39 is 72.1 Å². The molecule has 4 aliphatic carbocycles. The number of ether oxygens (including phenoxy) is 2. The second-order valence-corrected chi connectivity index (χ2v) is 17.4. The Kier molecular flexibility index (Phi) is 9.56. The van der Waals surface area contributed by atoms with Gasteiger partial charge in [0.1, 0.15) is 24.4 Å². The minimum atomic E-state index is -1.54. The van der Waals surface area contributed by atoms with E-state index in [1.807, 2.05) is 20.8 Å². The zero-order valence-electron chi connectivity index (χ0n) is 28.8. The van der Waals surface area contributed by atoms with Crippen LogP contribution in [-0.4, -0.2) is 97.0 Å². The quantitative estimate of drug-likeness (QED) is 0.208. The Morgan fingerprint density at radius 3 is 1.98 bits per heavy atom. The molecule has 0 aromatic heterocycles. The fraction of sp³-hybridized carbons (Fsp3) is 0.944. The molecule has 0 bridgehead atoms. The normalized spacial score (nSPS) is 52.2. The van der Waals surface area contributed by atoms with Gasteiger partial charge in [0.2, 0.25) is 0 Å². The van der Waals surface area contributed by atoms with Crippen molar-refractivity contribution in [3.8, 4) is 0 Å². The third-order valence-electron chi connectivity index (χ3n) is 14.5. The molecule has 1 unspecified atom stereocenters. The van der Waals surface area contributed by atoms with E-state index in [1.165, 1.54) is 5.57 Å². The molecule has 260 valence electrons. The van der Waals surface area contributed by atoms with Gasteiger partial charge < -0.3 is 45.2 Å². The molecule has 9 heteroatoms. The van der Waals surface area contributed by atoms with Crippen molar-refractivity contribution < 1.29 is 45.2 Å². The molecule has 1 saturated heterocycles. The van der Waals surface area contributed by atoms with E-state index in [9.17, 15) is 35.7 Å². The van der Waals surface area contributed by atoms with E-state index in [0.717, 1.165) is 19.3 Å². The molecule has 4 saturated carbocycles. The van der Waals surface area contributed by atoms with Crippen LogP contribution in [0.4, 0.5) is 0 Å². The average Bonchev–Trinajstić information content (AvgIpc) is 3.25. The first-order valence-corrected chi connectivity index (χ1v) is 17.4. The summed E-state index contributed by atoms with van der Waals surface area (Å²) < 4.78 is 12.7. The molecule has 0 spiro atoms. The lowest BCUT2D eigenvalue weighted by Gasteiger charge is -2.68. The van der Waals surface area contributed by atoms with Crippen LogP contribution in [0.3, 0.4) is 0 Å². The zero-order valence-corrected chi connectivity index (χ0v) is 28.8. The highest BCUT2D eigenvalue weighted by atomic mass is 16.7. The van der Waals surface area contributed by atoms with Gasteiger partial charge in [0.25, 0.3) is 0 Å². The summed E-state index contributed by atoms with van der Waals surface area (Å²) in [5.74, 6) is 0.172. The maximum absolute atomic E-state index is 12.3. The Bertz CT molecular complexity index is 1110. The first-order valence-electron chi connectivity index (χ1n) is 17.4. The number of allylic oxidation sites excluding steroid dienone is 2. The molecule has 0 amide bonds. The molecule has 5 fully saturated rings. The Morgan fingerprint density at radius 1 is 0.822 bits per heavy atom. The van der Waals surface area contributed by atoms with Gasteiger partial charge in [0, 0.05) is 5.41 Å². The lowest BCUT2D eigenvalue weighted by molar-refractivity contribution is -0.344. The first-order chi connectivity index (χ1) is 20.8. The molecule has 0 aromatic rings. The number of fused-ring (bicyclic) bond motifs is 5. The molecular weight excluding hydrogens is 576 g/mol. The Hall–Kier alpha value is -0.620. The lowest BCUT2D eigenvalue weighted by atomic mass is 9.38. The Morgan fingerprint density at radius 2 is 1.40 bits per heavy atom. The second-order valence-electron chi connectivity index (χ2n) is 17.4. The van der Waals surface area contributed by atoms with Crippen LogP contribution in [0.25, 0.3) is 0 Å². The highest BCUT2D eigenvalue weighted by Crippen LogP contribution is 2.74. The summed E-state index contributed by atoms with van der Waals surface area (Å²) in [5.41, 5.74) is -1.23. The molecule has 16 atom stereocenters. The van der Waals surface area contributed by atoms with Crippen molar-refractivity contribution in [2.75, 3.05) is 6.61 Å². The second kappa shape index (κ2) is 12.1. The van der Waals surface area contributed by atoms with Gasteiger partial charge >= 0.3 is 0 Å². The maximum Gasteiger partial charge on any atom is 0.187 e. The summed E-state index contributed by atoms with van der Waals surface area (Å²) in [6.07, 6.45) is -0.693. The third-order valence-corrected chi connectivity index (χ3v) is 14.5. The Labute approximate surface area is 270 Å². The van der Waals surface area contributed by atoms with E-state index >= 15 is 0 Å². The summed E-state index contributed by atoms with van der Waals surface area (Å²) in [5, 5.41) is 77.0. The minimum absolute atomic E-state index is 0.0565. The Balaban J connectivity index is 1.51. The number of hydrogen-bond donors (Lipinski definition) is 7. The van der Waals surface area contributed by atoms with Crippen molar-refractivity contribution in [1.82, 2.24) is 0 Å². The van der Waals surface area contributed by atoms with E-state index in [2.05, 4.69) is 40.7 Å².